The SMILES string of the molecule is COC(=O)C1=C(N)Oc2cc(C)[nH]c(=O)c2C12C(=O)N(Cc1ccccc1F)c1ccccc12. The van der Waals surface area contributed by atoms with Gasteiger partial charge in [-0.25, -0.2) is 9.18 Å². The molecular weight excluding hydrogens is 441 g/mol. The number of para-hydroxylation sites is 1. The van der Waals surface area contributed by atoms with Crippen LogP contribution in [0.3, 0.4) is 0 Å². The van der Waals surface area contributed by atoms with Crippen molar-refractivity contribution in [1.82, 2.24) is 4.98 Å². The number of amides is 1. The molecule has 0 fully saturated rings. The predicted octanol–water partition coefficient (Wildman–Crippen LogP) is 2.39. The molecule has 8 nitrogen and oxygen atoms in total. The van der Waals surface area contributed by atoms with E-state index < -0.39 is 28.7 Å². The number of pyridine rings is 1. The zero-order valence-corrected chi connectivity index (χ0v) is 18.3. The third-order valence-electron chi connectivity index (χ3n) is 6.19. The number of hydrogen-bond acceptors (Lipinski definition) is 6. The molecule has 1 amide bonds. The second-order valence-electron chi connectivity index (χ2n) is 8.10. The summed E-state index contributed by atoms with van der Waals surface area (Å²) in [5, 5.41) is 0. The van der Waals surface area contributed by atoms with E-state index in [-0.39, 0.29) is 34.9 Å². The molecule has 0 radical (unpaired) electrons. The summed E-state index contributed by atoms with van der Waals surface area (Å²) in [6.07, 6.45) is 0. The van der Waals surface area contributed by atoms with Gasteiger partial charge in [0.25, 0.3) is 5.56 Å². The molecule has 1 unspecified atom stereocenters. The van der Waals surface area contributed by atoms with Crippen LogP contribution < -0.4 is 20.9 Å². The summed E-state index contributed by atoms with van der Waals surface area (Å²) in [5.74, 6) is -2.33. The van der Waals surface area contributed by atoms with Crippen LogP contribution in [0.5, 0.6) is 5.75 Å². The number of nitrogens with zero attached hydrogens (tertiary/aromatic N) is 1. The summed E-state index contributed by atoms with van der Waals surface area (Å²) >= 11 is 0. The molecule has 2 aromatic carbocycles. The van der Waals surface area contributed by atoms with Gasteiger partial charge in [-0.1, -0.05) is 36.4 Å². The normalized spacial score (nSPS) is 18.6. The highest BCUT2D eigenvalue weighted by Gasteiger charge is 2.62. The van der Waals surface area contributed by atoms with Gasteiger partial charge in [-0.2, -0.15) is 0 Å². The van der Waals surface area contributed by atoms with Crippen molar-refractivity contribution in [2.45, 2.75) is 18.9 Å². The van der Waals surface area contributed by atoms with Gasteiger partial charge >= 0.3 is 5.97 Å². The molecule has 0 saturated heterocycles. The molecule has 9 heteroatoms. The molecule has 0 aliphatic carbocycles. The number of aromatic amines is 1. The standard InChI is InChI=1S/C25H20FN3O5/c1-13-11-18-19(22(30)28-13)25(20(21(27)34-18)23(31)33-2)15-8-4-6-10-17(15)29(24(25)32)12-14-7-3-5-9-16(14)26/h3-11H,12,27H2,1-2H3,(H,28,30). The van der Waals surface area contributed by atoms with E-state index in [4.69, 9.17) is 15.2 Å². The Morgan fingerprint density at radius 3 is 2.62 bits per heavy atom. The zero-order chi connectivity index (χ0) is 24.2. The number of methoxy groups -OCH3 is 1. The van der Waals surface area contributed by atoms with Gasteiger partial charge in [0.05, 0.1) is 19.2 Å². The van der Waals surface area contributed by atoms with Crippen molar-refractivity contribution in [3.63, 3.8) is 0 Å². The topological polar surface area (TPSA) is 115 Å². The molecule has 0 saturated carbocycles. The summed E-state index contributed by atoms with van der Waals surface area (Å²) in [6.45, 7) is 1.53. The largest absolute Gasteiger partial charge is 0.465 e. The molecule has 3 heterocycles. The monoisotopic (exact) mass is 461 g/mol. The van der Waals surface area contributed by atoms with Crippen LogP contribution in [0.15, 0.2) is 70.8 Å². The van der Waals surface area contributed by atoms with Crippen LogP contribution in [0.2, 0.25) is 0 Å². The second kappa shape index (κ2) is 7.58. The Morgan fingerprint density at radius 1 is 1.18 bits per heavy atom. The van der Waals surface area contributed by atoms with Gasteiger partial charge in [-0.15, -0.1) is 0 Å². The number of rotatable bonds is 3. The number of nitrogens with one attached hydrogen (secondary N) is 1. The highest BCUT2D eigenvalue weighted by atomic mass is 19.1. The third kappa shape index (κ3) is 2.79. The molecule has 1 spiro atoms. The molecule has 3 N–H and O–H groups in total. The fraction of sp³-hybridized carbons (Fsp3) is 0.160. The second-order valence-corrected chi connectivity index (χ2v) is 8.10. The van der Waals surface area contributed by atoms with Crippen LogP contribution in [0.1, 0.15) is 22.4 Å². The lowest BCUT2D eigenvalue weighted by atomic mass is 9.68. The van der Waals surface area contributed by atoms with Gasteiger partial charge < -0.3 is 25.1 Å². The molecule has 1 atom stereocenters. The Bertz CT molecular complexity index is 1460. The minimum atomic E-state index is -1.94. The van der Waals surface area contributed by atoms with Crippen LogP contribution >= 0.6 is 0 Å². The summed E-state index contributed by atoms with van der Waals surface area (Å²) in [7, 11) is 1.15. The first-order chi connectivity index (χ1) is 16.3. The first-order valence-electron chi connectivity index (χ1n) is 10.5. The number of carbonyl (C=O) groups excluding carboxylic acids is 2. The Labute approximate surface area is 193 Å². The Kier molecular flexibility index (Phi) is 4.78. The summed E-state index contributed by atoms with van der Waals surface area (Å²) in [6, 6.07) is 14.3. The van der Waals surface area contributed by atoms with Crippen molar-refractivity contribution < 1.29 is 23.5 Å². The Balaban J connectivity index is 1.85. The first kappa shape index (κ1) is 21.4. The maximum Gasteiger partial charge on any atom is 0.340 e. The van der Waals surface area contributed by atoms with Crippen molar-refractivity contribution in [1.29, 1.82) is 0 Å². The van der Waals surface area contributed by atoms with E-state index in [1.165, 1.54) is 17.0 Å². The van der Waals surface area contributed by atoms with Crippen LogP contribution in [0.25, 0.3) is 0 Å². The van der Waals surface area contributed by atoms with Gasteiger partial charge in [0, 0.05) is 28.6 Å². The highest BCUT2D eigenvalue weighted by Crippen LogP contribution is 2.54. The molecule has 172 valence electrons. The van der Waals surface area contributed by atoms with Gasteiger partial charge in [-0.3, -0.25) is 9.59 Å². The predicted molar refractivity (Wildman–Crippen MR) is 120 cm³/mol. The molecule has 1 aromatic heterocycles. The van der Waals surface area contributed by atoms with Gasteiger partial charge in [-0.05, 0) is 19.1 Å². The zero-order valence-electron chi connectivity index (χ0n) is 18.3. The van der Waals surface area contributed by atoms with Crippen molar-refractivity contribution in [2.24, 2.45) is 5.73 Å². The lowest BCUT2D eigenvalue weighted by molar-refractivity contribution is -0.138. The number of halogens is 1. The number of H-pyrrole nitrogens is 1. The van der Waals surface area contributed by atoms with E-state index in [1.807, 2.05) is 0 Å². The van der Waals surface area contributed by atoms with Crippen LogP contribution in [0.4, 0.5) is 10.1 Å². The van der Waals surface area contributed by atoms with Gasteiger partial charge in [0.15, 0.2) is 0 Å². The molecule has 2 aliphatic heterocycles. The number of carbonyl (C=O) groups is 2. The molecule has 3 aromatic rings. The minimum Gasteiger partial charge on any atom is -0.465 e. The molecule has 34 heavy (non-hydrogen) atoms. The summed E-state index contributed by atoms with van der Waals surface area (Å²) in [4.78, 5) is 44.7. The summed E-state index contributed by atoms with van der Waals surface area (Å²) in [5.41, 5.74) is 4.76. The quantitative estimate of drug-likeness (QED) is 0.579. The van der Waals surface area contributed by atoms with Crippen LogP contribution in [-0.4, -0.2) is 24.0 Å². The number of aromatic nitrogens is 1. The van der Waals surface area contributed by atoms with E-state index in [0.717, 1.165) is 7.11 Å². The molecule has 2 aliphatic rings. The number of hydrogen-bond donors (Lipinski definition) is 2. The van der Waals surface area contributed by atoms with E-state index in [2.05, 4.69) is 4.98 Å². The van der Waals surface area contributed by atoms with Crippen LogP contribution in [-0.2, 0) is 26.3 Å². The van der Waals surface area contributed by atoms with Gasteiger partial charge in [0.1, 0.15) is 22.6 Å². The highest BCUT2D eigenvalue weighted by molar-refractivity contribution is 6.18. The van der Waals surface area contributed by atoms with Crippen molar-refractivity contribution in [3.8, 4) is 5.75 Å². The van der Waals surface area contributed by atoms with E-state index in [1.54, 1.807) is 49.4 Å². The minimum absolute atomic E-state index is 0.0577. The number of ether oxygens (including phenoxy) is 2. The smallest absolute Gasteiger partial charge is 0.340 e. The van der Waals surface area contributed by atoms with Crippen LogP contribution in [0, 0.1) is 12.7 Å². The Hall–Kier alpha value is -4.40. The average molecular weight is 461 g/mol. The van der Waals surface area contributed by atoms with Crippen molar-refractivity contribution >= 4 is 17.6 Å². The lowest BCUT2D eigenvalue weighted by Gasteiger charge is -2.35. The fourth-order valence-corrected chi connectivity index (χ4v) is 4.82. The molecule has 5 rings (SSSR count). The lowest BCUT2D eigenvalue weighted by Crippen LogP contribution is -2.51. The third-order valence-corrected chi connectivity index (χ3v) is 6.19. The maximum atomic E-state index is 14.5. The van der Waals surface area contributed by atoms with E-state index in [9.17, 15) is 18.8 Å². The fourth-order valence-electron chi connectivity index (χ4n) is 4.82. The van der Waals surface area contributed by atoms with Gasteiger partial charge in [0.2, 0.25) is 11.8 Å². The molecular formula is C25H20FN3O5. The number of anilines is 1. The average Bonchev–Trinajstić information content (AvgIpc) is 3.03. The number of benzene rings is 2. The number of nitrogens with two attached hydrogens (primary N) is 1. The van der Waals surface area contributed by atoms with E-state index in [0.29, 0.717) is 16.9 Å². The first-order valence-corrected chi connectivity index (χ1v) is 10.5. The summed E-state index contributed by atoms with van der Waals surface area (Å²) < 4.78 is 25.2. The number of aryl methyl sites for hydroxylation is 1. The number of fused-ring (bicyclic) bond motifs is 4. The Morgan fingerprint density at radius 2 is 1.88 bits per heavy atom. The molecule has 0 bridgehead atoms. The van der Waals surface area contributed by atoms with Crippen molar-refractivity contribution in [2.75, 3.05) is 12.0 Å². The van der Waals surface area contributed by atoms with E-state index >= 15 is 0 Å². The maximum absolute atomic E-state index is 14.5. The number of esters is 1. The van der Waals surface area contributed by atoms with Crippen molar-refractivity contribution in [3.05, 3.63) is 105 Å².